The van der Waals surface area contributed by atoms with Gasteiger partial charge in [-0.25, -0.2) is 0 Å². The summed E-state index contributed by atoms with van der Waals surface area (Å²) in [4.78, 5) is 37.6. The van der Waals surface area contributed by atoms with Crippen LogP contribution in [0, 0.1) is 0 Å². The van der Waals surface area contributed by atoms with Gasteiger partial charge >= 0.3 is 5.97 Å². The summed E-state index contributed by atoms with van der Waals surface area (Å²) in [6, 6.07) is 16.9. The van der Waals surface area contributed by atoms with Crippen LogP contribution in [-0.2, 0) is 14.4 Å². The van der Waals surface area contributed by atoms with Gasteiger partial charge in [0.2, 0.25) is 5.12 Å². The summed E-state index contributed by atoms with van der Waals surface area (Å²) >= 11 is 5.48. The number of carbonyl (C=O) groups is 3. The summed E-state index contributed by atoms with van der Waals surface area (Å²) in [5.41, 5.74) is 1.94. The largest absolute Gasteiger partial charge is 0.480 e. The number of carbonyl (C=O) groups excluding carboxylic acids is 2. The minimum absolute atomic E-state index is 0.210. The monoisotopic (exact) mass is 411 g/mol. The summed E-state index contributed by atoms with van der Waals surface area (Å²) in [7, 11) is 0. The third-order valence-electron chi connectivity index (χ3n) is 4.15. The van der Waals surface area contributed by atoms with Gasteiger partial charge in [-0.15, -0.1) is 12.6 Å². The SMILES string of the molecule is CC(NC(=O)/C(=C1/SC(=O)C(c2ccccc2)=C1S)c1ccccc1)C(=O)O. The Bertz CT molecular complexity index is 998. The van der Waals surface area contributed by atoms with E-state index in [0.29, 0.717) is 26.5 Å². The van der Waals surface area contributed by atoms with Crippen LogP contribution >= 0.6 is 24.4 Å². The molecule has 0 bridgehead atoms. The van der Waals surface area contributed by atoms with Crippen molar-refractivity contribution in [2.45, 2.75) is 13.0 Å². The Kier molecular flexibility index (Phi) is 6.06. The van der Waals surface area contributed by atoms with E-state index in [1.165, 1.54) is 6.92 Å². The molecule has 1 atom stereocenters. The summed E-state index contributed by atoms with van der Waals surface area (Å²) in [5, 5.41) is 11.4. The number of thiol groups is 1. The lowest BCUT2D eigenvalue weighted by molar-refractivity contribution is -0.140. The second-order valence-electron chi connectivity index (χ2n) is 6.08. The van der Waals surface area contributed by atoms with E-state index in [4.69, 9.17) is 5.11 Å². The second kappa shape index (κ2) is 8.50. The fraction of sp³-hybridized carbons (Fsp3) is 0.0952. The van der Waals surface area contributed by atoms with Crippen molar-refractivity contribution in [2.75, 3.05) is 0 Å². The van der Waals surface area contributed by atoms with Crippen LogP contribution in [0.25, 0.3) is 11.1 Å². The molecule has 5 nitrogen and oxygen atoms in total. The number of thioether (sulfide) groups is 1. The maximum atomic E-state index is 12.9. The highest BCUT2D eigenvalue weighted by atomic mass is 32.2. The smallest absolute Gasteiger partial charge is 0.325 e. The molecule has 28 heavy (non-hydrogen) atoms. The molecule has 0 fully saturated rings. The van der Waals surface area contributed by atoms with Crippen molar-refractivity contribution in [3.8, 4) is 0 Å². The van der Waals surface area contributed by atoms with Crippen LogP contribution < -0.4 is 5.32 Å². The molecule has 1 heterocycles. The van der Waals surface area contributed by atoms with Crippen molar-refractivity contribution in [3.63, 3.8) is 0 Å². The molecule has 2 aromatic carbocycles. The number of nitrogens with one attached hydrogen (secondary N) is 1. The average Bonchev–Trinajstić information content (AvgIpc) is 2.97. The van der Waals surface area contributed by atoms with Crippen molar-refractivity contribution in [2.24, 2.45) is 0 Å². The first kappa shape index (κ1) is 20.0. The normalized spacial score (nSPS) is 16.7. The van der Waals surface area contributed by atoms with Crippen molar-refractivity contribution in [3.05, 3.63) is 81.6 Å². The molecule has 142 valence electrons. The molecule has 0 radical (unpaired) electrons. The van der Waals surface area contributed by atoms with Crippen LogP contribution in [0.3, 0.4) is 0 Å². The number of carboxylic acids is 1. The van der Waals surface area contributed by atoms with E-state index in [0.717, 1.165) is 11.8 Å². The van der Waals surface area contributed by atoms with Crippen LogP contribution in [0.5, 0.6) is 0 Å². The zero-order valence-electron chi connectivity index (χ0n) is 14.9. The number of carboxylic acid groups (broad SMARTS) is 1. The van der Waals surface area contributed by atoms with E-state index in [9.17, 15) is 14.4 Å². The number of hydrogen-bond acceptors (Lipinski definition) is 5. The minimum Gasteiger partial charge on any atom is -0.480 e. The van der Waals surface area contributed by atoms with Gasteiger partial charge in [0.25, 0.3) is 5.91 Å². The third kappa shape index (κ3) is 4.05. The molecule has 0 aliphatic carbocycles. The molecule has 2 aromatic rings. The molecule has 1 unspecified atom stereocenters. The molecular weight excluding hydrogens is 394 g/mol. The van der Waals surface area contributed by atoms with Crippen molar-refractivity contribution < 1.29 is 19.5 Å². The van der Waals surface area contributed by atoms with Crippen LogP contribution in [0.4, 0.5) is 0 Å². The maximum Gasteiger partial charge on any atom is 0.325 e. The maximum absolute atomic E-state index is 12.9. The first-order valence-corrected chi connectivity index (χ1v) is 9.71. The minimum atomic E-state index is -1.15. The van der Waals surface area contributed by atoms with E-state index in [1.807, 2.05) is 36.4 Å². The zero-order chi connectivity index (χ0) is 20.3. The first-order valence-electron chi connectivity index (χ1n) is 8.44. The van der Waals surface area contributed by atoms with E-state index in [2.05, 4.69) is 17.9 Å². The van der Waals surface area contributed by atoms with Gasteiger partial charge in [-0.3, -0.25) is 14.4 Å². The van der Waals surface area contributed by atoms with Gasteiger partial charge in [-0.1, -0.05) is 60.7 Å². The Balaban J connectivity index is 2.15. The Morgan fingerprint density at radius 1 is 1.04 bits per heavy atom. The van der Waals surface area contributed by atoms with Gasteiger partial charge < -0.3 is 10.4 Å². The molecule has 0 aromatic heterocycles. The molecular formula is C21H17NO4S2. The molecule has 7 heteroatoms. The molecule has 3 rings (SSSR count). The predicted octanol–water partition coefficient (Wildman–Crippen LogP) is 3.60. The third-order valence-corrected chi connectivity index (χ3v) is 5.75. The molecule has 1 aliphatic heterocycles. The van der Waals surface area contributed by atoms with Crippen LogP contribution in [0.1, 0.15) is 18.1 Å². The van der Waals surface area contributed by atoms with Gasteiger partial charge in [-0.2, -0.15) is 0 Å². The Labute approximate surface area is 171 Å². The quantitative estimate of drug-likeness (QED) is 0.517. The summed E-state index contributed by atoms with van der Waals surface area (Å²) in [5.74, 6) is -1.72. The number of benzene rings is 2. The van der Waals surface area contributed by atoms with E-state index < -0.39 is 17.9 Å². The fourth-order valence-corrected chi connectivity index (χ4v) is 4.31. The number of aliphatic carboxylic acids is 1. The lowest BCUT2D eigenvalue weighted by atomic mass is 10.0. The van der Waals surface area contributed by atoms with Crippen molar-refractivity contribution in [1.82, 2.24) is 5.32 Å². The van der Waals surface area contributed by atoms with Crippen LogP contribution in [0.15, 0.2) is 70.5 Å². The number of hydrogen-bond donors (Lipinski definition) is 3. The summed E-state index contributed by atoms with van der Waals surface area (Å²) in [6.07, 6.45) is 0. The topological polar surface area (TPSA) is 83.5 Å². The molecule has 0 saturated heterocycles. The van der Waals surface area contributed by atoms with Crippen molar-refractivity contribution >= 4 is 52.5 Å². The lowest BCUT2D eigenvalue weighted by Gasteiger charge is -2.14. The Morgan fingerprint density at radius 3 is 2.18 bits per heavy atom. The molecule has 1 aliphatic rings. The highest BCUT2D eigenvalue weighted by Gasteiger charge is 2.33. The highest BCUT2D eigenvalue weighted by Crippen LogP contribution is 2.47. The summed E-state index contributed by atoms with van der Waals surface area (Å²) in [6.45, 7) is 1.38. The fourth-order valence-electron chi connectivity index (χ4n) is 2.73. The summed E-state index contributed by atoms with van der Waals surface area (Å²) < 4.78 is 0. The van der Waals surface area contributed by atoms with Crippen LogP contribution in [0.2, 0.25) is 0 Å². The standard InChI is InChI=1S/C21H17NO4S2/c1-12(20(24)25)22-19(23)16(14-10-6-3-7-11-14)18-17(27)15(21(26)28-18)13-8-4-2-5-9-13/h2-12,27H,1H3,(H,22,23)(H,24,25)/b18-16+. The van der Waals surface area contributed by atoms with E-state index >= 15 is 0 Å². The Hall–Kier alpha value is -2.77. The van der Waals surface area contributed by atoms with Gasteiger partial charge in [0, 0.05) is 9.81 Å². The average molecular weight is 412 g/mol. The van der Waals surface area contributed by atoms with Gasteiger partial charge in [0.05, 0.1) is 11.1 Å². The van der Waals surface area contributed by atoms with E-state index in [-0.39, 0.29) is 10.7 Å². The molecule has 0 spiro atoms. The number of amides is 1. The Morgan fingerprint density at radius 2 is 1.61 bits per heavy atom. The second-order valence-corrected chi connectivity index (χ2v) is 7.51. The first-order chi connectivity index (χ1) is 13.4. The van der Waals surface area contributed by atoms with Gasteiger partial charge in [-0.05, 0) is 29.8 Å². The number of rotatable bonds is 5. The van der Waals surface area contributed by atoms with Gasteiger partial charge in [0.1, 0.15) is 6.04 Å². The van der Waals surface area contributed by atoms with Crippen molar-refractivity contribution in [1.29, 1.82) is 0 Å². The molecule has 0 saturated carbocycles. The lowest BCUT2D eigenvalue weighted by Crippen LogP contribution is -2.39. The van der Waals surface area contributed by atoms with E-state index in [1.54, 1.807) is 24.3 Å². The molecule has 2 N–H and O–H groups in total. The van der Waals surface area contributed by atoms with Gasteiger partial charge in [0.15, 0.2) is 0 Å². The zero-order valence-corrected chi connectivity index (χ0v) is 16.6. The predicted molar refractivity (Wildman–Crippen MR) is 114 cm³/mol. The highest BCUT2D eigenvalue weighted by molar-refractivity contribution is 8.20. The molecule has 1 amide bonds. The van der Waals surface area contributed by atoms with Crippen LogP contribution in [-0.4, -0.2) is 28.1 Å².